The third-order valence-corrected chi connectivity index (χ3v) is 4.92. The minimum atomic E-state index is -0.346. The van der Waals surface area contributed by atoms with Crippen molar-refractivity contribution in [1.82, 2.24) is 4.90 Å². The average molecular weight is 433 g/mol. The Balaban J connectivity index is 2.12. The topological polar surface area (TPSA) is 67.9 Å². The normalized spacial score (nSPS) is 10.7. The van der Waals surface area contributed by atoms with Crippen LogP contribution < -0.4 is 14.8 Å². The molecule has 7 heteroatoms. The lowest BCUT2D eigenvalue weighted by molar-refractivity contribution is -0.116. The molecular formula is C23H29ClN2O4. The number of anilines is 1. The molecule has 0 fully saturated rings. The van der Waals surface area contributed by atoms with E-state index in [9.17, 15) is 9.59 Å². The zero-order valence-corrected chi connectivity index (χ0v) is 19.1. The van der Waals surface area contributed by atoms with Crippen LogP contribution in [0.2, 0.25) is 5.02 Å². The molecule has 0 aromatic heterocycles. The predicted molar refractivity (Wildman–Crippen MR) is 120 cm³/mol. The average Bonchev–Trinajstić information content (AvgIpc) is 2.69. The number of methoxy groups -OCH3 is 1. The first-order valence-electron chi connectivity index (χ1n) is 9.75. The van der Waals surface area contributed by atoms with Gasteiger partial charge in [-0.25, -0.2) is 0 Å². The van der Waals surface area contributed by atoms with E-state index in [-0.39, 0.29) is 23.4 Å². The summed E-state index contributed by atoms with van der Waals surface area (Å²) in [6.45, 7) is 8.34. The lowest BCUT2D eigenvalue weighted by Crippen LogP contribution is -2.35. The van der Waals surface area contributed by atoms with Gasteiger partial charge in [-0.05, 0) is 49.1 Å². The van der Waals surface area contributed by atoms with Gasteiger partial charge < -0.3 is 19.7 Å². The first kappa shape index (κ1) is 23.5. The Morgan fingerprint density at radius 3 is 2.53 bits per heavy atom. The number of amides is 2. The van der Waals surface area contributed by atoms with Crippen LogP contribution in [-0.4, -0.2) is 44.0 Å². The fourth-order valence-electron chi connectivity index (χ4n) is 2.82. The van der Waals surface area contributed by atoms with E-state index in [1.165, 1.54) is 18.1 Å². The first-order chi connectivity index (χ1) is 14.1. The molecule has 0 aliphatic carbocycles. The monoisotopic (exact) mass is 432 g/mol. The van der Waals surface area contributed by atoms with E-state index in [2.05, 4.69) is 5.32 Å². The van der Waals surface area contributed by atoms with Crippen LogP contribution in [0.4, 0.5) is 5.69 Å². The molecule has 0 atom stereocenters. The molecule has 6 nitrogen and oxygen atoms in total. The summed E-state index contributed by atoms with van der Waals surface area (Å²) < 4.78 is 11.1. The number of halogens is 1. The van der Waals surface area contributed by atoms with Crippen molar-refractivity contribution in [3.05, 3.63) is 52.0 Å². The van der Waals surface area contributed by atoms with Crippen molar-refractivity contribution in [2.75, 3.05) is 32.6 Å². The Bertz CT molecular complexity index is 928. The molecule has 0 saturated heterocycles. The maximum absolute atomic E-state index is 12.8. The van der Waals surface area contributed by atoms with E-state index in [1.54, 1.807) is 13.1 Å². The summed E-state index contributed by atoms with van der Waals surface area (Å²) in [6, 6.07) is 8.79. The van der Waals surface area contributed by atoms with Gasteiger partial charge in [-0.2, -0.15) is 0 Å². The third-order valence-electron chi connectivity index (χ3n) is 4.64. The predicted octanol–water partition coefficient (Wildman–Crippen LogP) is 4.71. The van der Waals surface area contributed by atoms with Crippen LogP contribution in [0, 0.1) is 19.8 Å². The number of likely N-dealkylation sites (N-methyl/N-ethyl adjacent to an activating group) is 1. The van der Waals surface area contributed by atoms with E-state index in [0.29, 0.717) is 29.6 Å². The maximum atomic E-state index is 12.8. The molecule has 0 unspecified atom stereocenters. The van der Waals surface area contributed by atoms with Crippen LogP contribution in [0.1, 0.15) is 35.3 Å². The largest absolute Gasteiger partial charge is 0.493 e. The second kappa shape index (κ2) is 10.3. The van der Waals surface area contributed by atoms with Gasteiger partial charge in [0.05, 0.1) is 25.3 Å². The van der Waals surface area contributed by atoms with Gasteiger partial charge in [-0.3, -0.25) is 9.59 Å². The summed E-state index contributed by atoms with van der Waals surface area (Å²) in [5.41, 5.74) is 3.13. The van der Waals surface area contributed by atoms with E-state index >= 15 is 0 Å². The number of benzene rings is 2. The molecule has 0 heterocycles. The number of nitrogens with one attached hydrogen (secondary N) is 1. The van der Waals surface area contributed by atoms with Crippen molar-refractivity contribution in [3.63, 3.8) is 0 Å². The molecule has 0 bridgehead atoms. The minimum Gasteiger partial charge on any atom is -0.493 e. The lowest BCUT2D eigenvalue weighted by Gasteiger charge is -2.19. The van der Waals surface area contributed by atoms with Gasteiger partial charge in [-0.15, -0.1) is 0 Å². The number of hydrogen-bond donors (Lipinski definition) is 1. The molecule has 1 N–H and O–H groups in total. The van der Waals surface area contributed by atoms with Crippen molar-refractivity contribution < 1.29 is 19.1 Å². The first-order valence-corrected chi connectivity index (χ1v) is 10.1. The Hall–Kier alpha value is -2.73. The molecule has 2 aromatic carbocycles. The maximum Gasteiger partial charge on any atom is 0.254 e. The highest BCUT2D eigenvalue weighted by Crippen LogP contribution is 2.37. The number of carbonyl (C=O) groups is 2. The van der Waals surface area contributed by atoms with Gasteiger partial charge in [0, 0.05) is 18.3 Å². The molecule has 2 rings (SSSR count). The number of aryl methyl sites for hydroxylation is 1. The van der Waals surface area contributed by atoms with Crippen molar-refractivity contribution in [3.8, 4) is 11.5 Å². The molecule has 0 spiro atoms. The molecule has 162 valence electrons. The van der Waals surface area contributed by atoms with Crippen LogP contribution in [0.5, 0.6) is 11.5 Å². The van der Waals surface area contributed by atoms with E-state index in [1.807, 2.05) is 45.9 Å². The molecule has 0 radical (unpaired) electrons. The van der Waals surface area contributed by atoms with Gasteiger partial charge in [0.1, 0.15) is 0 Å². The SMILES string of the molecule is COc1cc(C(=O)N(C)CC(=O)Nc2cccc(C)c2C)cc(Cl)c1OCC(C)C. The smallest absolute Gasteiger partial charge is 0.254 e. The molecule has 30 heavy (non-hydrogen) atoms. The highest BCUT2D eigenvalue weighted by molar-refractivity contribution is 6.32. The molecule has 0 aliphatic heterocycles. The molecule has 2 amide bonds. The number of nitrogens with zero attached hydrogens (tertiary/aromatic N) is 1. The fraction of sp³-hybridized carbons (Fsp3) is 0.391. The quantitative estimate of drug-likeness (QED) is 0.655. The van der Waals surface area contributed by atoms with E-state index in [4.69, 9.17) is 21.1 Å². The van der Waals surface area contributed by atoms with Crippen molar-refractivity contribution >= 4 is 29.1 Å². The van der Waals surface area contributed by atoms with Gasteiger partial charge in [0.25, 0.3) is 5.91 Å². The zero-order chi connectivity index (χ0) is 22.4. The standard InChI is InChI=1S/C23H29ClN2O4/c1-14(2)13-30-22-18(24)10-17(11-20(22)29-6)23(28)26(5)12-21(27)25-19-9-7-8-15(3)16(19)4/h7-11,14H,12-13H2,1-6H3,(H,25,27). The summed E-state index contributed by atoms with van der Waals surface area (Å²) in [6.07, 6.45) is 0. The Kier molecular flexibility index (Phi) is 8.12. The van der Waals surface area contributed by atoms with Crippen LogP contribution in [0.25, 0.3) is 0 Å². The highest BCUT2D eigenvalue weighted by atomic mass is 35.5. The summed E-state index contributed by atoms with van der Waals surface area (Å²) >= 11 is 6.34. The van der Waals surface area contributed by atoms with E-state index in [0.717, 1.165) is 16.8 Å². The van der Waals surface area contributed by atoms with Crippen LogP contribution >= 0.6 is 11.6 Å². The fourth-order valence-corrected chi connectivity index (χ4v) is 3.08. The second-order valence-corrected chi connectivity index (χ2v) is 8.06. The summed E-state index contributed by atoms with van der Waals surface area (Å²) in [5, 5.41) is 3.14. The lowest BCUT2D eigenvalue weighted by atomic mass is 10.1. The Morgan fingerprint density at radius 2 is 1.90 bits per heavy atom. The van der Waals surface area contributed by atoms with Crippen molar-refractivity contribution in [2.45, 2.75) is 27.7 Å². The zero-order valence-electron chi connectivity index (χ0n) is 18.3. The summed E-state index contributed by atoms with van der Waals surface area (Å²) in [5.74, 6) is 0.462. The van der Waals surface area contributed by atoms with Gasteiger partial charge in [-0.1, -0.05) is 37.6 Å². The Morgan fingerprint density at radius 1 is 1.20 bits per heavy atom. The van der Waals surface area contributed by atoms with E-state index < -0.39 is 0 Å². The summed E-state index contributed by atoms with van der Waals surface area (Å²) in [4.78, 5) is 26.6. The Labute approximate surface area is 183 Å². The third kappa shape index (κ3) is 5.89. The van der Waals surface area contributed by atoms with Crippen LogP contribution in [0.15, 0.2) is 30.3 Å². The van der Waals surface area contributed by atoms with Crippen molar-refractivity contribution in [1.29, 1.82) is 0 Å². The number of ether oxygens (including phenoxy) is 2. The molecular weight excluding hydrogens is 404 g/mol. The highest BCUT2D eigenvalue weighted by Gasteiger charge is 2.20. The van der Waals surface area contributed by atoms with Gasteiger partial charge in [0.15, 0.2) is 11.5 Å². The van der Waals surface area contributed by atoms with Crippen LogP contribution in [0.3, 0.4) is 0 Å². The summed E-state index contributed by atoms with van der Waals surface area (Å²) in [7, 11) is 3.05. The number of hydrogen-bond acceptors (Lipinski definition) is 4. The minimum absolute atomic E-state index is 0.0995. The van der Waals surface area contributed by atoms with Crippen LogP contribution in [-0.2, 0) is 4.79 Å². The molecule has 0 saturated carbocycles. The number of carbonyl (C=O) groups excluding carboxylic acids is 2. The molecule has 0 aliphatic rings. The molecule has 2 aromatic rings. The van der Waals surface area contributed by atoms with Gasteiger partial charge >= 0.3 is 0 Å². The number of rotatable bonds is 8. The van der Waals surface area contributed by atoms with Crippen molar-refractivity contribution in [2.24, 2.45) is 5.92 Å². The second-order valence-electron chi connectivity index (χ2n) is 7.65. The van der Waals surface area contributed by atoms with Gasteiger partial charge in [0.2, 0.25) is 5.91 Å².